The van der Waals surface area contributed by atoms with Crippen molar-refractivity contribution in [3.05, 3.63) is 23.1 Å². The molecule has 0 fully saturated rings. The molecule has 0 radical (unpaired) electrons. The van der Waals surface area contributed by atoms with E-state index < -0.39 is 0 Å². The second kappa shape index (κ2) is 2.88. The number of nitrogens with zero attached hydrogens (tertiary/aromatic N) is 3. The van der Waals surface area contributed by atoms with Gasteiger partial charge in [-0.1, -0.05) is 11.6 Å². The normalized spacial score (nSPS) is 10.7. The number of hydrogen-bond acceptors (Lipinski definition) is 3. The van der Waals surface area contributed by atoms with Crippen molar-refractivity contribution < 1.29 is 4.74 Å². The second-order valence-corrected chi connectivity index (χ2v) is 3.07. The van der Waals surface area contributed by atoms with Crippen LogP contribution in [0.4, 0.5) is 0 Å². The Morgan fingerprint density at radius 3 is 3.00 bits per heavy atom. The fourth-order valence-electron chi connectivity index (χ4n) is 1.18. The van der Waals surface area contributed by atoms with Gasteiger partial charge in [0.1, 0.15) is 0 Å². The molecule has 2 aromatic rings. The Labute approximate surface area is 80.1 Å². The molecule has 2 heterocycles. The van der Waals surface area contributed by atoms with Crippen molar-refractivity contribution in [2.24, 2.45) is 0 Å². The highest BCUT2D eigenvalue weighted by Crippen LogP contribution is 2.20. The monoisotopic (exact) mass is 197 g/mol. The van der Waals surface area contributed by atoms with Gasteiger partial charge in [-0.15, -0.1) is 0 Å². The van der Waals surface area contributed by atoms with Crippen LogP contribution in [0.2, 0.25) is 5.15 Å². The number of halogens is 1. The Bertz CT molecular complexity index is 452. The molecule has 0 amide bonds. The van der Waals surface area contributed by atoms with Crippen molar-refractivity contribution in [1.82, 2.24) is 14.6 Å². The quantitative estimate of drug-likeness (QED) is 0.699. The van der Waals surface area contributed by atoms with Gasteiger partial charge in [-0.2, -0.15) is 5.10 Å². The summed E-state index contributed by atoms with van der Waals surface area (Å²) in [7, 11) is 1.58. The lowest BCUT2D eigenvalue weighted by molar-refractivity contribution is 0.415. The predicted octanol–water partition coefficient (Wildman–Crippen LogP) is 1.70. The highest BCUT2D eigenvalue weighted by molar-refractivity contribution is 6.29. The van der Waals surface area contributed by atoms with Crippen LogP contribution in [0, 0.1) is 6.92 Å². The van der Waals surface area contributed by atoms with E-state index in [1.54, 1.807) is 23.9 Å². The first-order chi connectivity index (χ1) is 6.20. The molecular weight excluding hydrogens is 190 g/mol. The van der Waals surface area contributed by atoms with E-state index >= 15 is 0 Å². The number of ether oxygens (including phenoxy) is 1. The van der Waals surface area contributed by atoms with E-state index in [9.17, 15) is 0 Å². The van der Waals surface area contributed by atoms with Gasteiger partial charge >= 0.3 is 0 Å². The summed E-state index contributed by atoms with van der Waals surface area (Å²) in [6.45, 7) is 1.89. The van der Waals surface area contributed by atoms with Gasteiger partial charge in [-0.3, -0.25) is 0 Å². The number of aromatic nitrogens is 3. The van der Waals surface area contributed by atoms with Gasteiger partial charge in [0, 0.05) is 6.07 Å². The van der Waals surface area contributed by atoms with Gasteiger partial charge in [0.2, 0.25) is 0 Å². The molecule has 0 bridgehead atoms. The van der Waals surface area contributed by atoms with Gasteiger partial charge in [0.25, 0.3) is 0 Å². The van der Waals surface area contributed by atoms with Crippen molar-refractivity contribution in [2.75, 3.05) is 7.11 Å². The molecule has 2 rings (SSSR count). The van der Waals surface area contributed by atoms with Crippen LogP contribution in [0.15, 0.2) is 12.3 Å². The highest BCUT2D eigenvalue weighted by atomic mass is 35.5. The summed E-state index contributed by atoms with van der Waals surface area (Å²) in [5.41, 5.74) is 1.57. The Kier molecular flexibility index (Phi) is 1.84. The first kappa shape index (κ1) is 8.31. The zero-order chi connectivity index (χ0) is 9.42. The van der Waals surface area contributed by atoms with Crippen LogP contribution in [0.5, 0.6) is 5.75 Å². The Morgan fingerprint density at radius 1 is 1.54 bits per heavy atom. The Morgan fingerprint density at radius 2 is 2.31 bits per heavy atom. The number of hydrogen-bond donors (Lipinski definition) is 0. The van der Waals surface area contributed by atoms with E-state index in [1.807, 2.05) is 6.92 Å². The van der Waals surface area contributed by atoms with Gasteiger partial charge in [-0.25, -0.2) is 9.50 Å². The van der Waals surface area contributed by atoms with Crippen molar-refractivity contribution in [3.63, 3.8) is 0 Å². The predicted molar refractivity (Wildman–Crippen MR) is 49.3 cm³/mol. The SMILES string of the molecule is COc1cc(Cl)nn2cc(C)nc12. The van der Waals surface area contributed by atoms with E-state index in [1.165, 1.54) is 0 Å². The molecule has 0 saturated heterocycles. The van der Waals surface area contributed by atoms with Crippen LogP contribution in [-0.2, 0) is 0 Å². The maximum atomic E-state index is 5.77. The van der Waals surface area contributed by atoms with Crippen LogP contribution in [0.25, 0.3) is 5.65 Å². The first-order valence-electron chi connectivity index (χ1n) is 3.77. The third kappa shape index (κ3) is 1.33. The molecule has 0 atom stereocenters. The zero-order valence-electron chi connectivity index (χ0n) is 7.28. The lowest BCUT2D eigenvalue weighted by Gasteiger charge is -2.00. The van der Waals surface area contributed by atoms with Crippen LogP contribution >= 0.6 is 11.6 Å². The summed E-state index contributed by atoms with van der Waals surface area (Å²) in [5.74, 6) is 0.633. The van der Waals surface area contributed by atoms with Gasteiger partial charge in [0.05, 0.1) is 19.0 Å². The van der Waals surface area contributed by atoms with Crippen molar-refractivity contribution in [3.8, 4) is 5.75 Å². The fourth-order valence-corrected chi connectivity index (χ4v) is 1.36. The summed E-state index contributed by atoms with van der Waals surface area (Å²) in [5, 5.41) is 4.44. The van der Waals surface area contributed by atoms with Crippen molar-refractivity contribution in [2.45, 2.75) is 6.92 Å². The minimum Gasteiger partial charge on any atom is -0.493 e. The molecular formula is C8H8ClN3O. The molecule has 0 aromatic carbocycles. The molecule has 68 valence electrons. The molecule has 5 heteroatoms. The number of imidazole rings is 1. The molecule has 4 nitrogen and oxygen atoms in total. The molecule has 0 saturated carbocycles. The lowest BCUT2D eigenvalue weighted by Crippen LogP contribution is -1.94. The molecule has 0 aliphatic carbocycles. The zero-order valence-corrected chi connectivity index (χ0v) is 8.04. The molecule has 13 heavy (non-hydrogen) atoms. The smallest absolute Gasteiger partial charge is 0.196 e. The topological polar surface area (TPSA) is 39.4 Å². The third-order valence-electron chi connectivity index (χ3n) is 1.70. The molecule has 0 aliphatic rings. The van der Waals surface area contributed by atoms with Gasteiger partial charge < -0.3 is 4.74 Å². The van der Waals surface area contributed by atoms with Gasteiger partial charge in [-0.05, 0) is 6.92 Å². The van der Waals surface area contributed by atoms with Crippen LogP contribution in [0.3, 0.4) is 0 Å². The van der Waals surface area contributed by atoms with E-state index in [0.717, 1.165) is 5.69 Å². The van der Waals surface area contributed by atoms with Crippen LogP contribution in [-0.4, -0.2) is 21.7 Å². The molecule has 0 aliphatic heterocycles. The van der Waals surface area contributed by atoms with E-state index in [0.29, 0.717) is 16.5 Å². The minimum absolute atomic E-state index is 0.391. The fraction of sp³-hybridized carbons (Fsp3) is 0.250. The molecule has 0 N–H and O–H groups in total. The minimum atomic E-state index is 0.391. The second-order valence-electron chi connectivity index (χ2n) is 2.69. The van der Waals surface area contributed by atoms with Crippen molar-refractivity contribution in [1.29, 1.82) is 0 Å². The van der Waals surface area contributed by atoms with Crippen molar-refractivity contribution >= 4 is 17.2 Å². The summed E-state index contributed by atoms with van der Waals surface area (Å²) in [6.07, 6.45) is 1.80. The molecule has 0 spiro atoms. The number of fused-ring (bicyclic) bond motifs is 1. The summed E-state index contributed by atoms with van der Waals surface area (Å²) < 4.78 is 6.72. The summed E-state index contributed by atoms with van der Waals surface area (Å²) in [4.78, 5) is 4.24. The Balaban J connectivity index is 2.80. The molecule has 0 unspecified atom stereocenters. The Hall–Kier alpha value is -1.29. The average molecular weight is 198 g/mol. The number of aryl methyl sites for hydroxylation is 1. The van der Waals surface area contributed by atoms with E-state index in [4.69, 9.17) is 16.3 Å². The lowest BCUT2D eigenvalue weighted by atomic mass is 10.5. The average Bonchev–Trinajstić information content (AvgIpc) is 2.43. The van der Waals surface area contributed by atoms with E-state index in [-0.39, 0.29) is 0 Å². The number of methoxy groups -OCH3 is 1. The number of rotatable bonds is 1. The highest BCUT2D eigenvalue weighted by Gasteiger charge is 2.07. The third-order valence-corrected chi connectivity index (χ3v) is 1.89. The maximum absolute atomic E-state index is 5.77. The standard InChI is InChI=1S/C8H8ClN3O/c1-5-4-12-8(10-5)6(13-2)3-7(9)11-12/h3-4H,1-2H3. The summed E-state index contributed by atoms with van der Waals surface area (Å²) in [6, 6.07) is 1.64. The van der Waals surface area contributed by atoms with Crippen LogP contribution < -0.4 is 4.74 Å². The van der Waals surface area contributed by atoms with Gasteiger partial charge in [0.15, 0.2) is 16.5 Å². The summed E-state index contributed by atoms with van der Waals surface area (Å²) >= 11 is 5.77. The molecule has 2 aromatic heterocycles. The maximum Gasteiger partial charge on any atom is 0.196 e. The van der Waals surface area contributed by atoms with E-state index in [2.05, 4.69) is 10.1 Å². The largest absolute Gasteiger partial charge is 0.493 e. The van der Waals surface area contributed by atoms with Crippen LogP contribution in [0.1, 0.15) is 5.69 Å². The first-order valence-corrected chi connectivity index (χ1v) is 4.15.